The Morgan fingerprint density at radius 1 is 1.26 bits per heavy atom. The van der Waals surface area contributed by atoms with Gasteiger partial charge in [-0.25, -0.2) is 19.3 Å². The molecule has 8 heteroatoms. The highest BCUT2D eigenvalue weighted by Gasteiger charge is 2.10. The molecule has 0 aliphatic rings. The molecule has 2 heterocycles. The molecule has 1 N–H and O–H groups in total. The van der Waals surface area contributed by atoms with Gasteiger partial charge in [-0.2, -0.15) is 0 Å². The van der Waals surface area contributed by atoms with Crippen molar-refractivity contribution in [1.82, 2.24) is 15.0 Å². The molecular formula is C15H10ClFN4OS. The maximum absolute atomic E-state index is 13.1. The topological polar surface area (TPSA) is 67.8 Å². The number of hydrogen-bond acceptors (Lipinski definition) is 5. The number of rotatable bonds is 4. The normalized spacial score (nSPS) is 10.5. The second kappa shape index (κ2) is 6.80. The lowest BCUT2D eigenvalue weighted by Crippen LogP contribution is -2.12. The number of thiazole rings is 1. The van der Waals surface area contributed by atoms with Gasteiger partial charge in [0, 0.05) is 29.9 Å². The van der Waals surface area contributed by atoms with Crippen LogP contribution in [0.4, 0.5) is 9.52 Å². The number of nitrogens with one attached hydrogen (secondary N) is 1. The van der Waals surface area contributed by atoms with Gasteiger partial charge in [0.15, 0.2) is 5.13 Å². The third-order valence-electron chi connectivity index (χ3n) is 2.96. The van der Waals surface area contributed by atoms with Crippen molar-refractivity contribution < 1.29 is 9.18 Å². The minimum Gasteiger partial charge on any atom is -0.298 e. The minimum absolute atomic E-state index is 0.0876. The molecule has 116 valence electrons. The van der Waals surface area contributed by atoms with E-state index in [1.165, 1.54) is 36.1 Å². The van der Waals surface area contributed by atoms with E-state index in [4.69, 9.17) is 11.6 Å². The first kappa shape index (κ1) is 15.5. The molecule has 0 spiro atoms. The third-order valence-corrected chi connectivity index (χ3v) is 4.16. The molecule has 2 aromatic heterocycles. The van der Waals surface area contributed by atoms with E-state index in [1.807, 2.05) is 0 Å². The summed E-state index contributed by atoms with van der Waals surface area (Å²) in [7, 11) is 0. The summed E-state index contributed by atoms with van der Waals surface area (Å²) in [6.45, 7) is 0. The highest BCUT2D eigenvalue weighted by Crippen LogP contribution is 2.23. The van der Waals surface area contributed by atoms with Crippen molar-refractivity contribution in [2.45, 2.75) is 6.42 Å². The Balaban J connectivity index is 1.68. The fraction of sp³-hybridized carbons (Fsp3) is 0.0667. The van der Waals surface area contributed by atoms with Gasteiger partial charge in [-0.1, -0.05) is 17.7 Å². The molecule has 3 aromatic rings. The highest BCUT2D eigenvalue weighted by molar-refractivity contribution is 7.15. The van der Waals surface area contributed by atoms with E-state index in [-0.39, 0.29) is 10.9 Å². The van der Waals surface area contributed by atoms with Gasteiger partial charge in [0.25, 0.3) is 5.91 Å². The lowest BCUT2D eigenvalue weighted by atomic mass is 10.1. The summed E-state index contributed by atoms with van der Waals surface area (Å²) in [4.78, 5) is 24.6. The van der Waals surface area contributed by atoms with Crippen molar-refractivity contribution >= 4 is 34.0 Å². The Labute approximate surface area is 140 Å². The Kier molecular flexibility index (Phi) is 4.59. The molecular weight excluding hydrogens is 339 g/mol. The van der Waals surface area contributed by atoms with Crippen LogP contribution in [0.15, 0.2) is 43.1 Å². The summed E-state index contributed by atoms with van der Waals surface area (Å²) in [6, 6.07) is 4.58. The number of carbonyl (C=O) groups excluding carboxylic acids is 1. The van der Waals surface area contributed by atoms with Crippen LogP contribution in [0.25, 0.3) is 0 Å². The SMILES string of the molecule is O=C(Nc1ncc(Cc2ccc(F)c(Cl)c2)s1)c1cncnc1. The van der Waals surface area contributed by atoms with Gasteiger partial charge >= 0.3 is 0 Å². The van der Waals surface area contributed by atoms with Crippen LogP contribution in [0, 0.1) is 5.82 Å². The zero-order valence-electron chi connectivity index (χ0n) is 11.7. The van der Waals surface area contributed by atoms with Crippen LogP contribution in [0.5, 0.6) is 0 Å². The van der Waals surface area contributed by atoms with E-state index in [0.717, 1.165) is 10.4 Å². The number of hydrogen-bond donors (Lipinski definition) is 1. The molecule has 3 rings (SSSR count). The first-order chi connectivity index (χ1) is 11.1. The molecule has 23 heavy (non-hydrogen) atoms. The van der Waals surface area contributed by atoms with Gasteiger partial charge in [-0.3, -0.25) is 10.1 Å². The quantitative estimate of drug-likeness (QED) is 0.782. The molecule has 0 radical (unpaired) electrons. The summed E-state index contributed by atoms with van der Waals surface area (Å²) in [5.74, 6) is -0.769. The third kappa shape index (κ3) is 3.88. The van der Waals surface area contributed by atoms with E-state index in [0.29, 0.717) is 17.1 Å². The lowest BCUT2D eigenvalue weighted by molar-refractivity contribution is 0.102. The first-order valence-electron chi connectivity index (χ1n) is 6.57. The standard InChI is InChI=1S/C15H10ClFN4OS/c16-12-4-9(1-2-13(12)17)3-11-7-20-15(23-11)21-14(22)10-5-18-8-19-6-10/h1-2,4-8H,3H2,(H,20,21,22). The van der Waals surface area contributed by atoms with E-state index < -0.39 is 5.82 Å². The Bertz CT molecular complexity index is 841. The number of carbonyl (C=O) groups is 1. The lowest BCUT2D eigenvalue weighted by Gasteiger charge is -2.01. The fourth-order valence-electron chi connectivity index (χ4n) is 1.88. The van der Waals surface area contributed by atoms with Crippen molar-refractivity contribution in [3.8, 4) is 0 Å². The van der Waals surface area contributed by atoms with Crippen LogP contribution in [0.3, 0.4) is 0 Å². The van der Waals surface area contributed by atoms with E-state index in [2.05, 4.69) is 20.3 Å². The van der Waals surface area contributed by atoms with E-state index >= 15 is 0 Å². The minimum atomic E-state index is -0.447. The van der Waals surface area contributed by atoms with E-state index in [1.54, 1.807) is 18.3 Å². The van der Waals surface area contributed by atoms with Gasteiger partial charge in [0.1, 0.15) is 12.1 Å². The molecule has 1 aromatic carbocycles. The predicted octanol–water partition coefficient (Wildman–Crippen LogP) is 3.57. The number of anilines is 1. The number of halogens is 2. The number of benzene rings is 1. The molecule has 0 bridgehead atoms. The molecule has 0 saturated heterocycles. The molecule has 0 aliphatic heterocycles. The fourth-order valence-corrected chi connectivity index (χ4v) is 2.93. The van der Waals surface area contributed by atoms with Gasteiger partial charge in [0.2, 0.25) is 0 Å². The Morgan fingerprint density at radius 2 is 2.04 bits per heavy atom. The maximum Gasteiger partial charge on any atom is 0.260 e. The highest BCUT2D eigenvalue weighted by atomic mass is 35.5. The number of aromatic nitrogens is 3. The summed E-state index contributed by atoms with van der Waals surface area (Å²) < 4.78 is 13.1. The average Bonchev–Trinajstić information content (AvgIpc) is 2.99. The van der Waals surface area contributed by atoms with Crippen LogP contribution in [0.1, 0.15) is 20.8 Å². The molecule has 0 aliphatic carbocycles. The number of nitrogens with zero attached hydrogens (tertiary/aromatic N) is 3. The average molecular weight is 349 g/mol. The molecule has 0 fully saturated rings. The molecule has 1 amide bonds. The molecule has 5 nitrogen and oxygen atoms in total. The molecule has 0 unspecified atom stereocenters. The summed E-state index contributed by atoms with van der Waals surface area (Å²) in [5.41, 5.74) is 1.23. The van der Waals surface area contributed by atoms with Crippen LogP contribution < -0.4 is 5.32 Å². The van der Waals surface area contributed by atoms with Gasteiger partial charge in [-0.05, 0) is 17.7 Å². The summed E-state index contributed by atoms with van der Waals surface area (Å²) >= 11 is 7.11. The number of amides is 1. The van der Waals surface area contributed by atoms with Crippen molar-refractivity contribution in [3.05, 3.63) is 70.0 Å². The smallest absolute Gasteiger partial charge is 0.260 e. The van der Waals surface area contributed by atoms with Crippen molar-refractivity contribution in [1.29, 1.82) is 0 Å². The first-order valence-corrected chi connectivity index (χ1v) is 7.76. The van der Waals surface area contributed by atoms with Gasteiger partial charge in [-0.15, -0.1) is 11.3 Å². The summed E-state index contributed by atoms with van der Waals surface area (Å²) in [5, 5.41) is 3.25. The molecule has 0 atom stereocenters. The van der Waals surface area contributed by atoms with Crippen LogP contribution in [0.2, 0.25) is 5.02 Å². The zero-order chi connectivity index (χ0) is 16.2. The summed E-state index contributed by atoms with van der Waals surface area (Å²) in [6.07, 6.45) is 6.43. The van der Waals surface area contributed by atoms with Crippen LogP contribution in [-0.4, -0.2) is 20.9 Å². The van der Waals surface area contributed by atoms with E-state index in [9.17, 15) is 9.18 Å². The monoisotopic (exact) mass is 348 g/mol. The van der Waals surface area contributed by atoms with Gasteiger partial charge < -0.3 is 0 Å². The van der Waals surface area contributed by atoms with Crippen LogP contribution in [-0.2, 0) is 6.42 Å². The van der Waals surface area contributed by atoms with Crippen molar-refractivity contribution in [2.24, 2.45) is 0 Å². The second-order valence-corrected chi connectivity index (χ2v) is 6.16. The van der Waals surface area contributed by atoms with Crippen molar-refractivity contribution in [2.75, 3.05) is 5.32 Å². The Morgan fingerprint density at radius 3 is 2.78 bits per heavy atom. The second-order valence-electron chi connectivity index (χ2n) is 4.64. The zero-order valence-corrected chi connectivity index (χ0v) is 13.2. The predicted molar refractivity (Wildman–Crippen MR) is 86.3 cm³/mol. The van der Waals surface area contributed by atoms with Gasteiger partial charge in [0.05, 0.1) is 10.6 Å². The van der Waals surface area contributed by atoms with Crippen LogP contribution >= 0.6 is 22.9 Å². The van der Waals surface area contributed by atoms with Crippen molar-refractivity contribution in [3.63, 3.8) is 0 Å². The molecule has 0 saturated carbocycles. The maximum atomic E-state index is 13.1. The largest absolute Gasteiger partial charge is 0.298 e. The Hall–Kier alpha value is -2.38.